The summed E-state index contributed by atoms with van der Waals surface area (Å²) in [4.78, 5) is 14.6. The lowest BCUT2D eigenvalue weighted by Crippen LogP contribution is -2.55. The van der Waals surface area contributed by atoms with Gasteiger partial charge in [0, 0.05) is 12.2 Å². The van der Waals surface area contributed by atoms with Crippen molar-refractivity contribution >= 4 is 11.6 Å². The van der Waals surface area contributed by atoms with Gasteiger partial charge in [-0.1, -0.05) is 19.1 Å². The number of hydrogen-bond donors (Lipinski definition) is 1. The van der Waals surface area contributed by atoms with Gasteiger partial charge in [-0.3, -0.25) is 4.79 Å². The van der Waals surface area contributed by atoms with E-state index in [1.807, 2.05) is 48.2 Å². The predicted molar refractivity (Wildman–Crippen MR) is 77.5 cm³/mol. The van der Waals surface area contributed by atoms with Crippen LogP contribution in [0.4, 0.5) is 5.69 Å². The largest absolute Gasteiger partial charge is 0.465 e. The van der Waals surface area contributed by atoms with Crippen LogP contribution in [0.15, 0.2) is 47.1 Å². The zero-order valence-corrected chi connectivity index (χ0v) is 11.7. The molecule has 4 heteroatoms. The molecule has 1 atom stereocenters. The van der Waals surface area contributed by atoms with Crippen LogP contribution < -0.4 is 5.32 Å². The zero-order valence-electron chi connectivity index (χ0n) is 11.7. The molecular formula is C16H18N2O2. The quantitative estimate of drug-likeness (QED) is 0.929. The Balaban J connectivity index is 2.12. The highest BCUT2D eigenvalue weighted by atomic mass is 16.3. The van der Waals surface area contributed by atoms with Gasteiger partial charge in [0.15, 0.2) is 5.66 Å². The van der Waals surface area contributed by atoms with Crippen LogP contribution in [0.5, 0.6) is 0 Å². The van der Waals surface area contributed by atoms with E-state index in [4.69, 9.17) is 4.42 Å². The van der Waals surface area contributed by atoms with Gasteiger partial charge in [-0.25, -0.2) is 0 Å². The van der Waals surface area contributed by atoms with E-state index in [0.717, 1.165) is 17.9 Å². The molecule has 20 heavy (non-hydrogen) atoms. The van der Waals surface area contributed by atoms with Crippen molar-refractivity contribution < 1.29 is 9.21 Å². The summed E-state index contributed by atoms with van der Waals surface area (Å²) in [7, 11) is 0. The molecule has 1 amide bonds. The second-order valence-electron chi connectivity index (χ2n) is 5.18. The molecule has 0 saturated carbocycles. The molecule has 0 fully saturated rings. The third-order valence-electron chi connectivity index (χ3n) is 3.77. The number of benzene rings is 1. The van der Waals surface area contributed by atoms with Gasteiger partial charge in [0.25, 0.3) is 5.91 Å². The van der Waals surface area contributed by atoms with Gasteiger partial charge in [0.05, 0.1) is 11.8 Å². The lowest BCUT2D eigenvalue weighted by Gasteiger charge is -2.45. The number of furan rings is 1. The lowest BCUT2D eigenvalue weighted by atomic mass is 9.98. The molecule has 0 aliphatic carbocycles. The van der Waals surface area contributed by atoms with Crippen molar-refractivity contribution in [1.29, 1.82) is 0 Å². The number of amides is 1. The van der Waals surface area contributed by atoms with Crippen LogP contribution in [0, 0.1) is 0 Å². The topological polar surface area (TPSA) is 45.5 Å². The van der Waals surface area contributed by atoms with Crippen LogP contribution >= 0.6 is 0 Å². The summed E-state index contributed by atoms with van der Waals surface area (Å²) < 4.78 is 5.56. The van der Waals surface area contributed by atoms with Crippen LogP contribution in [0.2, 0.25) is 0 Å². The molecule has 0 saturated heterocycles. The second-order valence-corrected chi connectivity index (χ2v) is 5.18. The van der Waals surface area contributed by atoms with Gasteiger partial charge in [0.2, 0.25) is 0 Å². The summed E-state index contributed by atoms with van der Waals surface area (Å²) in [5.41, 5.74) is 0.916. The Morgan fingerprint density at radius 1 is 1.25 bits per heavy atom. The summed E-state index contributed by atoms with van der Waals surface area (Å²) in [6.45, 7) is 4.73. The molecular weight excluding hydrogens is 252 g/mol. The fourth-order valence-corrected chi connectivity index (χ4v) is 2.76. The van der Waals surface area contributed by atoms with E-state index >= 15 is 0 Å². The minimum Gasteiger partial charge on any atom is -0.465 e. The van der Waals surface area contributed by atoms with E-state index in [9.17, 15) is 4.79 Å². The van der Waals surface area contributed by atoms with Crippen molar-refractivity contribution in [3.05, 3.63) is 54.0 Å². The highest BCUT2D eigenvalue weighted by Gasteiger charge is 2.43. The van der Waals surface area contributed by atoms with E-state index in [-0.39, 0.29) is 5.91 Å². The van der Waals surface area contributed by atoms with Gasteiger partial charge in [-0.15, -0.1) is 0 Å². The summed E-state index contributed by atoms with van der Waals surface area (Å²) in [6, 6.07) is 11.3. The van der Waals surface area contributed by atoms with Crippen molar-refractivity contribution in [3.8, 4) is 0 Å². The number of carbonyl (C=O) groups is 1. The summed E-state index contributed by atoms with van der Waals surface area (Å²) in [5, 5.41) is 3.45. The first-order valence-corrected chi connectivity index (χ1v) is 6.90. The van der Waals surface area contributed by atoms with Crippen LogP contribution in [0.25, 0.3) is 0 Å². The average Bonchev–Trinajstić information content (AvgIpc) is 2.98. The second kappa shape index (κ2) is 4.71. The van der Waals surface area contributed by atoms with Crippen molar-refractivity contribution in [2.24, 2.45) is 0 Å². The maximum Gasteiger partial charge on any atom is 0.258 e. The van der Waals surface area contributed by atoms with Crippen LogP contribution in [0.3, 0.4) is 0 Å². The van der Waals surface area contributed by atoms with Crippen molar-refractivity contribution in [1.82, 2.24) is 4.90 Å². The molecule has 2 heterocycles. The number of nitrogens with one attached hydrogen (secondary N) is 1. The van der Waals surface area contributed by atoms with Crippen molar-refractivity contribution in [2.45, 2.75) is 25.9 Å². The van der Waals surface area contributed by atoms with Gasteiger partial charge in [-0.2, -0.15) is 0 Å². The summed E-state index contributed by atoms with van der Waals surface area (Å²) in [6.07, 6.45) is 2.53. The van der Waals surface area contributed by atoms with Gasteiger partial charge >= 0.3 is 0 Å². The first-order valence-electron chi connectivity index (χ1n) is 6.90. The number of rotatable bonds is 3. The molecule has 2 aromatic rings. The smallest absolute Gasteiger partial charge is 0.258 e. The predicted octanol–water partition coefficient (Wildman–Crippen LogP) is 3.43. The van der Waals surface area contributed by atoms with Crippen LogP contribution in [-0.4, -0.2) is 17.4 Å². The number of nitrogens with zero attached hydrogens (tertiary/aromatic N) is 1. The highest BCUT2D eigenvalue weighted by molar-refractivity contribution is 6.02. The van der Waals surface area contributed by atoms with E-state index < -0.39 is 5.66 Å². The molecule has 1 aliphatic rings. The minimum absolute atomic E-state index is 0.0418. The summed E-state index contributed by atoms with van der Waals surface area (Å²) >= 11 is 0. The molecule has 0 spiro atoms. The third-order valence-corrected chi connectivity index (χ3v) is 3.77. The molecule has 1 aromatic heterocycles. The van der Waals surface area contributed by atoms with E-state index in [2.05, 4.69) is 12.2 Å². The van der Waals surface area contributed by atoms with Gasteiger partial charge < -0.3 is 14.6 Å². The Labute approximate surface area is 118 Å². The normalized spacial score (nSPS) is 21.5. The fraction of sp³-hybridized carbons (Fsp3) is 0.312. The Kier molecular flexibility index (Phi) is 3.01. The molecule has 104 valence electrons. The average molecular weight is 270 g/mol. The van der Waals surface area contributed by atoms with Crippen molar-refractivity contribution in [2.75, 3.05) is 11.9 Å². The summed E-state index contributed by atoms with van der Waals surface area (Å²) in [5.74, 6) is 0.786. The molecule has 3 rings (SSSR count). The number of para-hydroxylation sites is 1. The SMILES string of the molecule is CCCN1C(=O)c2ccccc2NC1(C)c1ccco1. The number of fused-ring (bicyclic) bond motifs is 1. The number of carbonyl (C=O) groups excluding carboxylic acids is 1. The maximum atomic E-state index is 12.8. The monoisotopic (exact) mass is 270 g/mol. The van der Waals surface area contributed by atoms with Gasteiger partial charge in [-0.05, 0) is 37.6 Å². The van der Waals surface area contributed by atoms with Gasteiger partial charge in [0.1, 0.15) is 5.76 Å². The number of hydrogen-bond acceptors (Lipinski definition) is 3. The third kappa shape index (κ3) is 1.80. The molecule has 1 unspecified atom stereocenters. The van der Waals surface area contributed by atoms with Crippen LogP contribution in [-0.2, 0) is 5.66 Å². The van der Waals surface area contributed by atoms with Crippen LogP contribution in [0.1, 0.15) is 36.4 Å². The molecule has 0 radical (unpaired) electrons. The Hall–Kier alpha value is -2.23. The number of anilines is 1. The first-order chi connectivity index (χ1) is 9.66. The van der Waals surface area contributed by atoms with E-state index in [1.54, 1.807) is 6.26 Å². The minimum atomic E-state index is -0.648. The molecule has 0 bridgehead atoms. The highest BCUT2D eigenvalue weighted by Crippen LogP contribution is 2.37. The Morgan fingerprint density at radius 2 is 2.05 bits per heavy atom. The molecule has 1 aliphatic heterocycles. The zero-order chi connectivity index (χ0) is 14.2. The molecule has 1 aromatic carbocycles. The van der Waals surface area contributed by atoms with Crippen molar-refractivity contribution in [3.63, 3.8) is 0 Å². The fourth-order valence-electron chi connectivity index (χ4n) is 2.76. The lowest BCUT2D eigenvalue weighted by molar-refractivity contribution is 0.0486. The van der Waals surface area contributed by atoms with E-state index in [1.165, 1.54) is 0 Å². The molecule has 4 nitrogen and oxygen atoms in total. The Bertz CT molecular complexity index is 621. The molecule has 1 N–H and O–H groups in total. The Morgan fingerprint density at radius 3 is 2.75 bits per heavy atom. The standard InChI is InChI=1S/C16H18N2O2/c1-3-10-18-15(19)12-7-4-5-8-13(12)17-16(18,2)14-9-6-11-20-14/h4-9,11,17H,3,10H2,1-2H3. The maximum absolute atomic E-state index is 12.8. The first kappa shape index (κ1) is 12.8. The van der Waals surface area contributed by atoms with E-state index in [0.29, 0.717) is 12.1 Å².